The van der Waals surface area contributed by atoms with Crippen molar-refractivity contribution in [3.8, 4) is 11.8 Å². The molecular formula is C24H20N6O5. The molecule has 35 heavy (non-hydrogen) atoms. The number of carbonyl (C=O) groups excluding carboxylic acids is 2. The zero-order chi connectivity index (χ0) is 24.9. The molecule has 0 unspecified atom stereocenters. The molecule has 2 heterocycles. The second-order valence-corrected chi connectivity index (χ2v) is 7.41. The quantitative estimate of drug-likeness (QED) is 0.401. The molecule has 1 N–H and O–H groups in total. The van der Waals surface area contributed by atoms with Crippen molar-refractivity contribution in [3.05, 3.63) is 87.2 Å². The van der Waals surface area contributed by atoms with Gasteiger partial charge in [0.1, 0.15) is 18.2 Å². The third-order valence-electron chi connectivity index (χ3n) is 5.25. The first-order chi connectivity index (χ1) is 16.9. The number of anilines is 1. The van der Waals surface area contributed by atoms with Crippen molar-refractivity contribution in [2.24, 2.45) is 0 Å². The second kappa shape index (κ2) is 9.88. The molecule has 0 spiro atoms. The van der Waals surface area contributed by atoms with E-state index < -0.39 is 36.3 Å². The van der Waals surface area contributed by atoms with E-state index in [-0.39, 0.29) is 23.3 Å². The van der Waals surface area contributed by atoms with E-state index in [1.807, 2.05) is 12.1 Å². The largest absolute Gasteiger partial charge is 0.454 e. The van der Waals surface area contributed by atoms with E-state index in [4.69, 9.17) is 4.74 Å². The highest BCUT2D eigenvalue weighted by Crippen LogP contribution is 2.19. The Morgan fingerprint density at radius 1 is 1.06 bits per heavy atom. The Morgan fingerprint density at radius 2 is 1.77 bits per heavy atom. The number of aromatic nitrogens is 4. The Bertz CT molecular complexity index is 1580. The molecule has 1 amide bonds. The molecule has 0 bridgehead atoms. The fraction of sp³-hybridized carbons (Fsp3) is 0.167. The Labute approximate surface area is 198 Å². The maximum Gasteiger partial charge on any atom is 0.332 e. The second-order valence-electron chi connectivity index (χ2n) is 7.41. The zero-order valence-corrected chi connectivity index (χ0v) is 18.7. The maximum atomic E-state index is 12.8. The van der Waals surface area contributed by atoms with Gasteiger partial charge in [-0.1, -0.05) is 30.3 Å². The Hall–Kier alpha value is -4.98. The van der Waals surface area contributed by atoms with Gasteiger partial charge in [-0.25, -0.2) is 9.48 Å². The number of esters is 1. The van der Waals surface area contributed by atoms with Crippen molar-refractivity contribution < 1.29 is 14.3 Å². The molecule has 0 radical (unpaired) electrons. The molecule has 0 aliphatic carbocycles. The van der Waals surface area contributed by atoms with Crippen molar-refractivity contribution in [3.63, 3.8) is 0 Å². The average molecular weight is 472 g/mol. The number of hydrogen-bond acceptors (Lipinski definition) is 7. The van der Waals surface area contributed by atoms with Gasteiger partial charge in [-0.2, -0.15) is 10.4 Å². The van der Waals surface area contributed by atoms with Gasteiger partial charge in [0.25, 0.3) is 11.5 Å². The van der Waals surface area contributed by atoms with Crippen LogP contribution in [0.5, 0.6) is 0 Å². The first-order valence-corrected chi connectivity index (χ1v) is 10.7. The molecule has 11 heteroatoms. The number of amides is 1. The van der Waals surface area contributed by atoms with Gasteiger partial charge >= 0.3 is 11.7 Å². The van der Waals surface area contributed by atoms with Crippen molar-refractivity contribution in [1.82, 2.24) is 18.9 Å². The first kappa shape index (κ1) is 23.2. The minimum absolute atomic E-state index is 0.133. The highest BCUT2D eigenvalue weighted by Gasteiger charge is 2.18. The summed E-state index contributed by atoms with van der Waals surface area (Å²) >= 11 is 0. The standard InChI is InChI=1S/C24H20N6O5/c1-2-28-23(33)18-10-6-7-11-19(18)29(24(28)34)14-21(32)35-15-20(31)27-22-16(12-25)13-26-30(22)17-8-4-3-5-9-17/h3-11,13H,2,14-15H2,1H3,(H,27,31). The number of carbonyl (C=O) groups is 2. The molecule has 0 saturated carbocycles. The van der Waals surface area contributed by atoms with Gasteiger partial charge in [0, 0.05) is 6.54 Å². The summed E-state index contributed by atoms with van der Waals surface area (Å²) in [6.07, 6.45) is 1.31. The smallest absolute Gasteiger partial charge is 0.332 e. The van der Waals surface area contributed by atoms with Crippen LogP contribution < -0.4 is 16.6 Å². The first-order valence-electron chi connectivity index (χ1n) is 10.7. The number of rotatable bonds is 7. The molecule has 2 aromatic carbocycles. The maximum absolute atomic E-state index is 12.8. The fourth-order valence-corrected chi connectivity index (χ4v) is 3.61. The summed E-state index contributed by atoms with van der Waals surface area (Å²) in [5, 5.41) is 16.3. The van der Waals surface area contributed by atoms with E-state index in [1.165, 1.54) is 10.9 Å². The lowest BCUT2D eigenvalue weighted by atomic mass is 10.2. The van der Waals surface area contributed by atoms with Crippen LogP contribution in [0.25, 0.3) is 16.6 Å². The van der Waals surface area contributed by atoms with Gasteiger partial charge in [-0.15, -0.1) is 0 Å². The van der Waals surface area contributed by atoms with E-state index in [0.29, 0.717) is 11.2 Å². The lowest BCUT2D eigenvalue weighted by molar-refractivity contribution is -0.147. The van der Waals surface area contributed by atoms with Crippen LogP contribution >= 0.6 is 0 Å². The Kier molecular flexibility index (Phi) is 6.55. The van der Waals surface area contributed by atoms with Gasteiger partial charge in [0.2, 0.25) is 0 Å². The molecule has 4 rings (SSSR count). The van der Waals surface area contributed by atoms with Gasteiger partial charge < -0.3 is 10.1 Å². The van der Waals surface area contributed by atoms with Crippen LogP contribution in [0.2, 0.25) is 0 Å². The summed E-state index contributed by atoms with van der Waals surface area (Å²) in [5.41, 5.74) is -0.0468. The van der Waals surface area contributed by atoms with Gasteiger partial charge in [-0.3, -0.25) is 23.5 Å². The van der Waals surface area contributed by atoms with E-state index >= 15 is 0 Å². The third-order valence-corrected chi connectivity index (χ3v) is 5.25. The Balaban J connectivity index is 1.50. The van der Waals surface area contributed by atoms with E-state index in [9.17, 15) is 24.4 Å². The molecule has 176 valence electrons. The molecule has 0 fully saturated rings. The van der Waals surface area contributed by atoms with E-state index in [2.05, 4.69) is 10.4 Å². The summed E-state index contributed by atoms with van der Waals surface area (Å²) in [7, 11) is 0. The third kappa shape index (κ3) is 4.58. The molecule has 2 aromatic heterocycles. The minimum atomic E-state index is -0.842. The highest BCUT2D eigenvalue weighted by atomic mass is 16.5. The van der Waals surface area contributed by atoms with Crippen molar-refractivity contribution in [2.75, 3.05) is 11.9 Å². The SMILES string of the molecule is CCn1c(=O)c2ccccc2n(CC(=O)OCC(=O)Nc2c(C#N)cnn2-c2ccccc2)c1=O. The molecule has 11 nitrogen and oxygen atoms in total. The molecular weight excluding hydrogens is 452 g/mol. The number of nitriles is 1. The summed E-state index contributed by atoms with van der Waals surface area (Å²) in [5.74, 6) is -1.40. The lowest BCUT2D eigenvalue weighted by Gasteiger charge is -2.13. The van der Waals surface area contributed by atoms with Crippen LogP contribution in [0.15, 0.2) is 70.4 Å². The lowest BCUT2D eigenvalue weighted by Crippen LogP contribution is -2.41. The van der Waals surface area contributed by atoms with E-state index in [1.54, 1.807) is 55.5 Å². The summed E-state index contributed by atoms with van der Waals surface area (Å²) < 4.78 is 8.62. The van der Waals surface area contributed by atoms with Crippen LogP contribution in [0.3, 0.4) is 0 Å². The molecule has 4 aromatic rings. The number of nitrogens with zero attached hydrogens (tertiary/aromatic N) is 5. The molecule has 0 aliphatic heterocycles. The van der Waals surface area contributed by atoms with Crippen LogP contribution in [-0.4, -0.2) is 37.4 Å². The average Bonchev–Trinajstić information content (AvgIpc) is 3.28. The van der Waals surface area contributed by atoms with Crippen LogP contribution in [0.4, 0.5) is 5.82 Å². The molecule has 0 aliphatic rings. The molecule has 0 saturated heterocycles. The number of nitrogens with one attached hydrogen (secondary N) is 1. The summed E-state index contributed by atoms with van der Waals surface area (Å²) in [6, 6.07) is 17.3. The summed E-state index contributed by atoms with van der Waals surface area (Å²) in [4.78, 5) is 50.3. The predicted octanol–water partition coefficient (Wildman–Crippen LogP) is 1.42. The van der Waals surface area contributed by atoms with Crippen molar-refractivity contribution in [1.29, 1.82) is 5.26 Å². The van der Waals surface area contributed by atoms with Crippen molar-refractivity contribution >= 4 is 28.6 Å². The highest BCUT2D eigenvalue weighted by molar-refractivity contribution is 5.93. The number of para-hydroxylation sites is 2. The molecule has 0 atom stereocenters. The normalized spacial score (nSPS) is 10.6. The van der Waals surface area contributed by atoms with Crippen molar-refractivity contribution in [2.45, 2.75) is 20.0 Å². The number of ether oxygens (including phenoxy) is 1. The fourth-order valence-electron chi connectivity index (χ4n) is 3.61. The predicted molar refractivity (Wildman–Crippen MR) is 126 cm³/mol. The van der Waals surface area contributed by atoms with Gasteiger partial charge in [-0.05, 0) is 31.2 Å². The van der Waals surface area contributed by atoms with E-state index in [0.717, 1.165) is 9.13 Å². The monoisotopic (exact) mass is 472 g/mol. The van der Waals surface area contributed by atoms with Crippen LogP contribution in [0.1, 0.15) is 12.5 Å². The van der Waals surface area contributed by atoms with Gasteiger partial charge in [0.05, 0.1) is 22.8 Å². The van der Waals surface area contributed by atoms with Crippen LogP contribution in [0, 0.1) is 11.3 Å². The minimum Gasteiger partial charge on any atom is -0.454 e. The van der Waals surface area contributed by atoms with Crippen LogP contribution in [-0.2, 0) is 27.4 Å². The number of benzene rings is 2. The summed E-state index contributed by atoms with van der Waals surface area (Å²) in [6.45, 7) is 0.651. The number of hydrogen-bond donors (Lipinski definition) is 1. The van der Waals surface area contributed by atoms with Gasteiger partial charge in [0.15, 0.2) is 12.4 Å². The Morgan fingerprint density at radius 3 is 2.49 bits per heavy atom. The number of fused-ring (bicyclic) bond motifs is 1. The zero-order valence-electron chi connectivity index (χ0n) is 18.7. The topological polar surface area (TPSA) is 141 Å².